The molecule has 0 aromatic rings. The van der Waals surface area contributed by atoms with Crippen LogP contribution in [0.4, 0.5) is 0 Å². The first-order valence-corrected chi connectivity index (χ1v) is 4.26. The average molecular weight is 214 g/mol. The molecule has 1 unspecified atom stereocenters. The lowest BCUT2D eigenvalue weighted by Crippen LogP contribution is -2.29. The molecule has 0 radical (unpaired) electrons. The Kier molecular flexibility index (Phi) is 9.45. The highest BCUT2D eigenvalue weighted by Gasteiger charge is 2.06. The Morgan fingerprint density at radius 3 is 1.93 bits per heavy atom. The van der Waals surface area contributed by atoms with Gasteiger partial charge in [0.25, 0.3) is 0 Å². The van der Waals surface area contributed by atoms with Crippen molar-refractivity contribution in [2.75, 3.05) is 14.1 Å². The van der Waals surface area contributed by atoms with Crippen molar-refractivity contribution < 1.29 is 14.3 Å². The van der Waals surface area contributed by atoms with Crippen LogP contribution < -0.4 is 5.73 Å². The number of hydrogen-bond donors (Lipinski definition) is 1. The smallest absolute Gasteiger partial charge is 0.331 e. The number of amides is 1. The van der Waals surface area contributed by atoms with Crippen molar-refractivity contribution in [1.82, 2.24) is 4.90 Å². The molecule has 0 saturated carbocycles. The number of ether oxygens (including phenoxy) is 1. The van der Waals surface area contributed by atoms with Crippen LogP contribution >= 0.6 is 0 Å². The Bertz CT molecular complexity index is 237. The SMILES string of the molecule is C=CC(=O)OC(C)N(C)C.C=CC(N)=O. The van der Waals surface area contributed by atoms with Crippen LogP contribution in [0.15, 0.2) is 25.3 Å². The molecule has 0 rings (SSSR count). The van der Waals surface area contributed by atoms with Crippen molar-refractivity contribution in [3.05, 3.63) is 25.3 Å². The summed E-state index contributed by atoms with van der Waals surface area (Å²) in [4.78, 5) is 21.8. The van der Waals surface area contributed by atoms with Crippen LogP contribution in [0.5, 0.6) is 0 Å². The van der Waals surface area contributed by atoms with Gasteiger partial charge in [-0.15, -0.1) is 0 Å². The molecule has 0 aromatic carbocycles. The van der Waals surface area contributed by atoms with Crippen molar-refractivity contribution in [1.29, 1.82) is 0 Å². The van der Waals surface area contributed by atoms with Crippen LogP contribution in [0.2, 0.25) is 0 Å². The van der Waals surface area contributed by atoms with E-state index in [-0.39, 0.29) is 12.2 Å². The molecule has 0 heterocycles. The van der Waals surface area contributed by atoms with E-state index in [1.54, 1.807) is 11.8 Å². The highest BCUT2D eigenvalue weighted by molar-refractivity contribution is 5.85. The maximum atomic E-state index is 10.6. The second-order valence-corrected chi connectivity index (χ2v) is 2.81. The standard InChI is InChI=1S/C7H13NO2.C3H5NO/c1-5-7(9)10-6(2)8(3)4;1-2-3(4)5/h5-6H,1H2,2-4H3;2H,1H2,(H2,4,5). The summed E-state index contributed by atoms with van der Waals surface area (Å²) >= 11 is 0. The zero-order valence-electron chi connectivity index (χ0n) is 9.40. The molecule has 1 atom stereocenters. The van der Waals surface area contributed by atoms with E-state index in [4.69, 9.17) is 4.74 Å². The van der Waals surface area contributed by atoms with Gasteiger partial charge in [-0.3, -0.25) is 9.69 Å². The molecule has 2 N–H and O–H groups in total. The summed E-state index contributed by atoms with van der Waals surface area (Å²) in [5, 5.41) is 0. The van der Waals surface area contributed by atoms with Gasteiger partial charge in [0.05, 0.1) is 0 Å². The van der Waals surface area contributed by atoms with E-state index in [0.29, 0.717) is 0 Å². The quantitative estimate of drug-likeness (QED) is 0.414. The van der Waals surface area contributed by atoms with Crippen LogP contribution in [0, 0.1) is 0 Å². The fraction of sp³-hybridized carbons (Fsp3) is 0.400. The van der Waals surface area contributed by atoms with E-state index in [1.165, 1.54) is 0 Å². The van der Waals surface area contributed by atoms with Crippen molar-refractivity contribution in [2.45, 2.75) is 13.2 Å². The van der Waals surface area contributed by atoms with Gasteiger partial charge in [0.15, 0.2) is 6.23 Å². The molecule has 5 heteroatoms. The molecule has 0 bridgehead atoms. The van der Waals surface area contributed by atoms with Crippen LogP contribution in [0.1, 0.15) is 6.92 Å². The van der Waals surface area contributed by atoms with Crippen molar-refractivity contribution in [2.24, 2.45) is 5.73 Å². The number of nitrogens with two attached hydrogens (primary N) is 1. The summed E-state index contributed by atoms with van der Waals surface area (Å²) in [7, 11) is 3.67. The number of esters is 1. The molecule has 0 spiro atoms. The number of primary amides is 1. The average Bonchev–Trinajstić information content (AvgIpc) is 2.18. The second-order valence-electron chi connectivity index (χ2n) is 2.81. The Balaban J connectivity index is 0. The van der Waals surface area contributed by atoms with E-state index < -0.39 is 5.91 Å². The van der Waals surface area contributed by atoms with Crippen molar-refractivity contribution in [3.8, 4) is 0 Å². The molecule has 0 aliphatic carbocycles. The maximum absolute atomic E-state index is 10.6. The van der Waals surface area contributed by atoms with Crippen molar-refractivity contribution in [3.63, 3.8) is 0 Å². The fourth-order valence-electron chi connectivity index (χ4n) is 0.322. The third-order valence-electron chi connectivity index (χ3n) is 1.38. The van der Waals surface area contributed by atoms with Crippen LogP contribution in [0.25, 0.3) is 0 Å². The van der Waals surface area contributed by atoms with Gasteiger partial charge in [0.2, 0.25) is 5.91 Å². The van der Waals surface area contributed by atoms with E-state index in [9.17, 15) is 9.59 Å². The molecule has 0 aliphatic heterocycles. The number of carbonyl (C=O) groups is 2. The zero-order chi connectivity index (χ0) is 12.4. The summed E-state index contributed by atoms with van der Waals surface area (Å²) in [6, 6.07) is 0. The predicted molar refractivity (Wildman–Crippen MR) is 58.8 cm³/mol. The number of carbonyl (C=O) groups excluding carboxylic acids is 2. The topological polar surface area (TPSA) is 72.6 Å². The Hall–Kier alpha value is -1.62. The molecule has 0 aliphatic rings. The highest BCUT2D eigenvalue weighted by Crippen LogP contribution is 1.94. The monoisotopic (exact) mass is 214 g/mol. The first-order chi connectivity index (χ1) is 6.84. The molecule has 0 saturated heterocycles. The van der Waals surface area contributed by atoms with Crippen LogP contribution in [0.3, 0.4) is 0 Å². The molecular weight excluding hydrogens is 196 g/mol. The number of hydrogen-bond acceptors (Lipinski definition) is 4. The molecule has 86 valence electrons. The highest BCUT2D eigenvalue weighted by atomic mass is 16.6. The molecule has 0 aromatic heterocycles. The van der Waals surface area contributed by atoms with Gasteiger partial charge in [-0.1, -0.05) is 13.2 Å². The van der Waals surface area contributed by atoms with Gasteiger partial charge in [-0.2, -0.15) is 0 Å². The van der Waals surface area contributed by atoms with E-state index in [2.05, 4.69) is 18.9 Å². The minimum absolute atomic E-state index is 0.189. The third-order valence-corrected chi connectivity index (χ3v) is 1.38. The minimum Gasteiger partial charge on any atom is -0.444 e. The first kappa shape index (κ1) is 15.8. The summed E-state index contributed by atoms with van der Waals surface area (Å²) in [6.07, 6.45) is 2.02. The lowest BCUT2D eigenvalue weighted by molar-refractivity contribution is -0.149. The predicted octanol–water partition coefficient (Wildman–Crippen LogP) is 0.281. The molecule has 5 nitrogen and oxygen atoms in total. The Morgan fingerprint density at radius 1 is 1.33 bits per heavy atom. The minimum atomic E-state index is -0.481. The lowest BCUT2D eigenvalue weighted by atomic mass is 10.6. The number of nitrogens with zero attached hydrogens (tertiary/aromatic N) is 1. The van der Waals surface area contributed by atoms with Gasteiger partial charge in [0.1, 0.15) is 0 Å². The van der Waals surface area contributed by atoms with Gasteiger partial charge in [-0.25, -0.2) is 4.79 Å². The lowest BCUT2D eigenvalue weighted by Gasteiger charge is -2.18. The Labute approximate surface area is 90.2 Å². The largest absolute Gasteiger partial charge is 0.444 e. The fourth-order valence-corrected chi connectivity index (χ4v) is 0.322. The van der Waals surface area contributed by atoms with Gasteiger partial charge >= 0.3 is 5.97 Å². The maximum Gasteiger partial charge on any atom is 0.331 e. The summed E-state index contributed by atoms with van der Waals surface area (Å²) < 4.78 is 4.83. The normalized spacial score (nSPS) is 10.7. The molecule has 15 heavy (non-hydrogen) atoms. The van der Waals surface area contributed by atoms with E-state index >= 15 is 0 Å². The molecular formula is C10H18N2O3. The summed E-state index contributed by atoms with van der Waals surface area (Å²) in [6.45, 7) is 8.16. The molecule has 1 amide bonds. The summed E-state index contributed by atoms with van der Waals surface area (Å²) in [5.74, 6) is -0.869. The van der Waals surface area contributed by atoms with Crippen LogP contribution in [-0.2, 0) is 14.3 Å². The van der Waals surface area contributed by atoms with Gasteiger partial charge in [-0.05, 0) is 27.1 Å². The van der Waals surface area contributed by atoms with Gasteiger partial charge < -0.3 is 10.5 Å². The van der Waals surface area contributed by atoms with Crippen molar-refractivity contribution >= 4 is 11.9 Å². The first-order valence-electron chi connectivity index (χ1n) is 4.26. The summed E-state index contributed by atoms with van der Waals surface area (Å²) in [5.41, 5.74) is 4.53. The number of rotatable bonds is 4. The van der Waals surface area contributed by atoms with E-state index in [0.717, 1.165) is 12.2 Å². The molecule has 0 fully saturated rings. The van der Waals surface area contributed by atoms with E-state index in [1.807, 2.05) is 14.1 Å². The van der Waals surface area contributed by atoms with Crippen LogP contribution in [-0.4, -0.2) is 37.1 Å². The van der Waals surface area contributed by atoms with Gasteiger partial charge in [0, 0.05) is 6.08 Å². The second kappa shape index (κ2) is 8.96. The third kappa shape index (κ3) is 12.4. The zero-order valence-corrected chi connectivity index (χ0v) is 9.40. The Morgan fingerprint density at radius 2 is 1.73 bits per heavy atom.